The number of H-pyrrole nitrogens is 1. The molecule has 106 valence electrons. The first kappa shape index (κ1) is 13.3. The number of benzene rings is 1. The third kappa shape index (κ3) is 2.63. The molecule has 2 heterocycles. The molecule has 0 radical (unpaired) electrons. The van der Waals surface area contributed by atoms with E-state index in [1.54, 1.807) is 24.3 Å². The highest BCUT2D eigenvalue weighted by Gasteiger charge is 2.15. The number of rotatable bonds is 3. The van der Waals surface area contributed by atoms with Gasteiger partial charge >= 0.3 is 6.09 Å². The van der Waals surface area contributed by atoms with Crippen LogP contribution >= 0.6 is 11.3 Å². The van der Waals surface area contributed by atoms with Gasteiger partial charge in [0.05, 0.1) is 23.0 Å². The average Bonchev–Trinajstić information content (AvgIpc) is 3.15. The Morgan fingerprint density at radius 3 is 2.90 bits per heavy atom. The third-order valence-corrected chi connectivity index (χ3v) is 3.74. The quantitative estimate of drug-likeness (QED) is 0.728. The molecular weight excluding hydrogens is 290 g/mol. The Morgan fingerprint density at radius 2 is 2.19 bits per heavy atom. The van der Waals surface area contributed by atoms with Crippen molar-refractivity contribution in [3.8, 4) is 0 Å². The molecule has 0 saturated heterocycles. The lowest BCUT2D eigenvalue weighted by atomic mass is 10.3. The lowest BCUT2D eigenvalue weighted by Crippen LogP contribution is -2.10. The largest absolute Gasteiger partial charge is 0.453 e. The molecule has 21 heavy (non-hydrogen) atoms. The molecule has 0 unspecified atom stereocenters. The monoisotopic (exact) mass is 301 g/mol. The first-order valence-electron chi connectivity index (χ1n) is 6.10. The maximum Gasteiger partial charge on any atom is 0.411 e. The Balaban J connectivity index is 1.93. The molecule has 1 amide bonds. The Hall–Kier alpha value is -2.67. The van der Waals surface area contributed by atoms with Gasteiger partial charge in [-0.3, -0.25) is 10.1 Å². The number of ether oxygens (including phenoxy) is 1. The summed E-state index contributed by atoms with van der Waals surface area (Å²) in [7, 11) is 1.29. The normalized spacial score (nSPS) is 10.5. The molecule has 0 aliphatic carbocycles. The van der Waals surface area contributed by atoms with Crippen LogP contribution in [0, 0.1) is 0 Å². The summed E-state index contributed by atoms with van der Waals surface area (Å²) in [5.41, 5.74) is 1.89. The van der Waals surface area contributed by atoms with E-state index in [4.69, 9.17) is 0 Å². The molecule has 2 N–H and O–H groups in total. The van der Waals surface area contributed by atoms with Crippen molar-refractivity contribution in [3.05, 3.63) is 46.4 Å². The highest BCUT2D eigenvalue weighted by atomic mass is 32.1. The zero-order valence-electron chi connectivity index (χ0n) is 11.0. The highest BCUT2D eigenvalue weighted by Crippen LogP contribution is 2.20. The second kappa shape index (κ2) is 5.37. The zero-order chi connectivity index (χ0) is 14.8. The first-order valence-corrected chi connectivity index (χ1v) is 6.98. The topological polar surface area (TPSA) is 84.1 Å². The van der Waals surface area contributed by atoms with Crippen LogP contribution in [0.5, 0.6) is 0 Å². The lowest BCUT2D eigenvalue weighted by molar-refractivity contribution is 0.103. The van der Waals surface area contributed by atoms with Crippen molar-refractivity contribution in [2.24, 2.45) is 0 Å². The average molecular weight is 301 g/mol. The maximum atomic E-state index is 12.2. The minimum atomic E-state index is -0.552. The zero-order valence-corrected chi connectivity index (χ0v) is 11.9. The van der Waals surface area contributed by atoms with Crippen LogP contribution in [-0.4, -0.2) is 29.0 Å². The van der Waals surface area contributed by atoms with Crippen molar-refractivity contribution in [3.63, 3.8) is 0 Å². The number of nitrogens with zero attached hydrogens (tertiary/aromatic N) is 1. The number of carbonyl (C=O) groups excluding carboxylic acids is 2. The summed E-state index contributed by atoms with van der Waals surface area (Å²) in [5, 5.41) is 4.40. The van der Waals surface area contributed by atoms with Gasteiger partial charge in [0.1, 0.15) is 0 Å². The highest BCUT2D eigenvalue weighted by molar-refractivity contribution is 7.12. The molecule has 0 atom stereocenters. The van der Waals surface area contributed by atoms with Crippen molar-refractivity contribution >= 4 is 39.9 Å². The molecule has 0 aliphatic heterocycles. The number of imidazole rings is 1. The van der Waals surface area contributed by atoms with E-state index in [-0.39, 0.29) is 11.6 Å². The minimum Gasteiger partial charge on any atom is -0.453 e. The van der Waals surface area contributed by atoms with Crippen LogP contribution < -0.4 is 5.32 Å². The van der Waals surface area contributed by atoms with Gasteiger partial charge in [-0.2, -0.15) is 0 Å². The smallest absolute Gasteiger partial charge is 0.411 e. The number of hydrogen-bond donors (Lipinski definition) is 2. The van der Waals surface area contributed by atoms with Gasteiger partial charge in [0, 0.05) is 5.69 Å². The van der Waals surface area contributed by atoms with E-state index >= 15 is 0 Å². The van der Waals surface area contributed by atoms with Crippen LogP contribution in [0.2, 0.25) is 0 Å². The number of nitrogens with one attached hydrogen (secondary N) is 2. The van der Waals surface area contributed by atoms with Crippen molar-refractivity contribution < 1.29 is 14.3 Å². The van der Waals surface area contributed by atoms with Gasteiger partial charge in [-0.25, -0.2) is 9.78 Å². The molecule has 6 nitrogen and oxygen atoms in total. The van der Waals surface area contributed by atoms with Crippen LogP contribution in [0.15, 0.2) is 35.7 Å². The molecule has 3 rings (SSSR count). The number of amides is 1. The molecular formula is C14H11N3O3S. The van der Waals surface area contributed by atoms with E-state index in [1.807, 2.05) is 11.4 Å². The predicted octanol–water partition coefficient (Wildman–Crippen LogP) is 3.03. The number of methoxy groups -OCH3 is 1. The van der Waals surface area contributed by atoms with Gasteiger partial charge in [0.25, 0.3) is 0 Å². The van der Waals surface area contributed by atoms with Crippen molar-refractivity contribution in [1.29, 1.82) is 0 Å². The summed E-state index contributed by atoms with van der Waals surface area (Å²) in [5.74, 6) is 0.131. The van der Waals surface area contributed by atoms with Gasteiger partial charge < -0.3 is 9.72 Å². The van der Waals surface area contributed by atoms with Gasteiger partial charge in [0.15, 0.2) is 5.82 Å². The summed E-state index contributed by atoms with van der Waals surface area (Å²) in [6, 6.07) is 8.69. The standard InChI is InChI=1S/C14H11N3O3S/c1-20-14(19)15-8-4-5-9-10(7-8)17-13(16-9)12(18)11-3-2-6-21-11/h2-7H,1H3,(H,15,19)(H,16,17). The summed E-state index contributed by atoms with van der Waals surface area (Å²) in [6.45, 7) is 0. The molecule has 1 aromatic carbocycles. The van der Waals surface area contributed by atoms with Gasteiger partial charge in [-0.05, 0) is 29.6 Å². The molecule has 0 bridgehead atoms. The van der Waals surface area contributed by atoms with E-state index in [0.29, 0.717) is 21.6 Å². The number of thiophene rings is 1. The molecule has 0 fully saturated rings. The van der Waals surface area contributed by atoms with Gasteiger partial charge in [-0.1, -0.05) is 6.07 Å². The van der Waals surface area contributed by atoms with Gasteiger partial charge in [-0.15, -0.1) is 11.3 Å². The Bertz CT molecular complexity index is 808. The van der Waals surface area contributed by atoms with E-state index in [9.17, 15) is 9.59 Å². The fraction of sp³-hybridized carbons (Fsp3) is 0.0714. The summed E-state index contributed by atoms with van der Waals surface area (Å²) >= 11 is 1.37. The Labute approximate surface area is 123 Å². The molecule has 2 aromatic heterocycles. The fourth-order valence-electron chi connectivity index (χ4n) is 1.89. The third-order valence-electron chi connectivity index (χ3n) is 2.87. The number of aromatic amines is 1. The first-order chi connectivity index (χ1) is 10.2. The molecule has 0 spiro atoms. The minimum absolute atomic E-state index is 0.149. The summed E-state index contributed by atoms with van der Waals surface area (Å²) < 4.78 is 4.53. The predicted molar refractivity (Wildman–Crippen MR) is 79.9 cm³/mol. The lowest BCUT2D eigenvalue weighted by Gasteiger charge is -2.02. The van der Waals surface area contributed by atoms with Gasteiger partial charge in [0.2, 0.25) is 5.78 Å². The van der Waals surface area contributed by atoms with Crippen LogP contribution in [0.1, 0.15) is 15.5 Å². The Morgan fingerprint density at radius 1 is 1.33 bits per heavy atom. The molecule has 7 heteroatoms. The number of ketones is 1. The van der Waals surface area contributed by atoms with Crippen molar-refractivity contribution in [1.82, 2.24) is 9.97 Å². The van der Waals surface area contributed by atoms with Crippen LogP contribution in [0.25, 0.3) is 11.0 Å². The number of carbonyl (C=O) groups is 2. The summed E-state index contributed by atoms with van der Waals surface area (Å²) in [6.07, 6.45) is -0.552. The number of fused-ring (bicyclic) bond motifs is 1. The van der Waals surface area contributed by atoms with Crippen LogP contribution in [0.4, 0.5) is 10.5 Å². The summed E-state index contributed by atoms with van der Waals surface area (Å²) in [4.78, 5) is 31.2. The van der Waals surface area contributed by atoms with Crippen molar-refractivity contribution in [2.75, 3.05) is 12.4 Å². The number of aromatic nitrogens is 2. The maximum absolute atomic E-state index is 12.2. The van der Waals surface area contributed by atoms with Crippen LogP contribution in [-0.2, 0) is 4.74 Å². The van der Waals surface area contributed by atoms with E-state index in [0.717, 1.165) is 0 Å². The fourth-order valence-corrected chi connectivity index (χ4v) is 2.55. The second-order valence-electron chi connectivity index (χ2n) is 4.24. The van der Waals surface area contributed by atoms with E-state index in [2.05, 4.69) is 20.0 Å². The van der Waals surface area contributed by atoms with Crippen molar-refractivity contribution in [2.45, 2.75) is 0 Å². The number of anilines is 1. The number of hydrogen-bond acceptors (Lipinski definition) is 5. The van der Waals surface area contributed by atoms with E-state index < -0.39 is 6.09 Å². The Kier molecular flexibility index (Phi) is 3.41. The molecule has 0 saturated carbocycles. The van der Waals surface area contributed by atoms with E-state index in [1.165, 1.54) is 18.4 Å². The second-order valence-corrected chi connectivity index (χ2v) is 5.19. The molecule has 0 aliphatic rings. The molecule has 3 aromatic rings. The SMILES string of the molecule is COC(=O)Nc1ccc2nc(C(=O)c3cccs3)[nH]c2c1. The van der Waals surface area contributed by atoms with Crippen LogP contribution in [0.3, 0.4) is 0 Å².